The van der Waals surface area contributed by atoms with Gasteiger partial charge in [0.05, 0.1) is 36.4 Å². The SMILES string of the molecule is Cc1cc(-c2c(-c3cccnc3)nc(N)n3c(CN4CCOCC4)cnc23)cc(C)n1. The maximum absolute atomic E-state index is 6.49. The second-order valence-corrected chi connectivity index (χ2v) is 7.87. The average Bonchev–Trinajstić information content (AvgIpc) is 3.18. The topological polar surface area (TPSA) is 94.5 Å². The minimum absolute atomic E-state index is 0.417. The summed E-state index contributed by atoms with van der Waals surface area (Å²) < 4.78 is 7.45. The van der Waals surface area contributed by atoms with E-state index in [1.165, 1.54) is 0 Å². The van der Waals surface area contributed by atoms with E-state index in [4.69, 9.17) is 20.4 Å². The van der Waals surface area contributed by atoms with Gasteiger partial charge in [-0.1, -0.05) is 0 Å². The second-order valence-electron chi connectivity index (χ2n) is 7.87. The Balaban J connectivity index is 1.73. The number of hydrogen-bond acceptors (Lipinski definition) is 7. The van der Waals surface area contributed by atoms with Gasteiger partial charge >= 0.3 is 0 Å². The minimum atomic E-state index is 0.417. The van der Waals surface area contributed by atoms with Crippen LogP contribution in [0.3, 0.4) is 0 Å². The summed E-state index contributed by atoms with van der Waals surface area (Å²) in [6.45, 7) is 8.02. The fourth-order valence-electron chi connectivity index (χ4n) is 4.20. The van der Waals surface area contributed by atoms with Gasteiger partial charge in [-0.3, -0.25) is 19.3 Å². The predicted octanol–water partition coefficient (Wildman–Crippen LogP) is 2.88. The normalized spacial score (nSPS) is 14.9. The number of aromatic nitrogens is 5. The number of nitrogens with two attached hydrogens (primary N) is 1. The molecule has 0 bridgehead atoms. The molecule has 1 saturated heterocycles. The molecular weight excluding hydrogens is 390 g/mol. The van der Waals surface area contributed by atoms with E-state index >= 15 is 0 Å². The van der Waals surface area contributed by atoms with Crippen molar-refractivity contribution in [3.8, 4) is 22.4 Å². The molecule has 0 unspecified atom stereocenters. The first-order valence-corrected chi connectivity index (χ1v) is 10.4. The van der Waals surface area contributed by atoms with E-state index in [-0.39, 0.29) is 0 Å². The summed E-state index contributed by atoms with van der Waals surface area (Å²) in [6, 6.07) is 8.03. The van der Waals surface area contributed by atoms with Crippen LogP contribution in [-0.2, 0) is 11.3 Å². The van der Waals surface area contributed by atoms with Crippen LogP contribution in [0.15, 0.2) is 42.9 Å². The van der Waals surface area contributed by atoms with Crippen molar-refractivity contribution in [1.29, 1.82) is 0 Å². The number of nitrogens with zero attached hydrogens (tertiary/aromatic N) is 6. The Morgan fingerprint density at radius 2 is 1.81 bits per heavy atom. The van der Waals surface area contributed by atoms with E-state index in [1.807, 2.05) is 36.6 Å². The first-order valence-electron chi connectivity index (χ1n) is 10.4. The summed E-state index contributed by atoms with van der Waals surface area (Å²) >= 11 is 0. The first kappa shape index (κ1) is 19.6. The maximum Gasteiger partial charge on any atom is 0.206 e. The molecule has 8 heteroatoms. The fourth-order valence-corrected chi connectivity index (χ4v) is 4.20. The molecule has 31 heavy (non-hydrogen) atoms. The standard InChI is InChI=1S/C23H25N7O/c1-15-10-18(11-16(2)27-15)20-21(17-4-3-5-25-12-17)28-23(24)30-19(13-26-22(20)30)14-29-6-8-31-9-7-29/h3-5,10-13H,6-9,14H2,1-2H3,(H2,24,28). The van der Waals surface area contributed by atoms with Gasteiger partial charge in [-0.2, -0.15) is 0 Å². The summed E-state index contributed by atoms with van der Waals surface area (Å²) in [7, 11) is 0. The molecule has 1 aliphatic rings. The number of aryl methyl sites for hydroxylation is 2. The molecule has 0 aromatic carbocycles. The van der Waals surface area contributed by atoms with Gasteiger partial charge in [0.25, 0.3) is 0 Å². The van der Waals surface area contributed by atoms with Gasteiger partial charge in [0.1, 0.15) is 5.65 Å². The van der Waals surface area contributed by atoms with Crippen LogP contribution in [0.2, 0.25) is 0 Å². The van der Waals surface area contributed by atoms with E-state index in [0.29, 0.717) is 5.95 Å². The summed E-state index contributed by atoms with van der Waals surface area (Å²) in [5.74, 6) is 0.417. The maximum atomic E-state index is 6.49. The molecule has 5 heterocycles. The van der Waals surface area contributed by atoms with Crippen molar-refractivity contribution in [2.24, 2.45) is 0 Å². The zero-order valence-corrected chi connectivity index (χ0v) is 17.7. The Morgan fingerprint density at radius 1 is 1.03 bits per heavy atom. The lowest BCUT2D eigenvalue weighted by molar-refractivity contribution is 0.0335. The Morgan fingerprint density at radius 3 is 2.52 bits per heavy atom. The van der Waals surface area contributed by atoms with Crippen LogP contribution in [0.5, 0.6) is 0 Å². The van der Waals surface area contributed by atoms with E-state index < -0.39 is 0 Å². The second kappa shape index (κ2) is 8.05. The highest BCUT2D eigenvalue weighted by atomic mass is 16.5. The lowest BCUT2D eigenvalue weighted by Gasteiger charge is -2.26. The van der Waals surface area contributed by atoms with Gasteiger partial charge in [0.15, 0.2) is 0 Å². The van der Waals surface area contributed by atoms with Crippen molar-refractivity contribution in [3.63, 3.8) is 0 Å². The van der Waals surface area contributed by atoms with Gasteiger partial charge in [-0.25, -0.2) is 9.97 Å². The van der Waals surface area contributed by atoms with Crippen LogP contribution < -0.4 is 5.73 Å². The summed E-state index contributed by atoms with van der Waals surface area (Å²) in [5, 5.41) is 0. The zero-order chi connectivity index (χ0) is 21.4. The molecule has 0 aliphatic carbocycles. The molecule has 1 aliphatic heterocycles. The lowest BCUT2D eigenvalue weighted by Crippen LogP contribution is -2.36. The van der Waals surface area contributed by atoms with Crippen molar-refractivity contribution in [3.05, 3.63) is 59.9 Å². The van der Waals surface area contributed by atoms with Gasteiger partial charge in [-0.15, -0.1) is 0 Å². The molecule has 5 rings (SSSR count). The largest absolute Gasteiger partial charge is 0.379 e. The van der Waals surface area contributed by atoms with E-state index in [2.05, 4.69) is 27.0 Å². The fraction of sp³-hybridized carbons (Fsp3) is 0.304. The predicted molar refractivity (Wildman–Crippen MR) is 119 cm³/mol. The molecular formula is C23H25N7O. The molecule has 8 nitrogen and oxygen atoms in total. The summed E-state index contributed by atoms with van der Waals surface area (Å²) in [6.07, 6.45) is 5.46. The van der Waals surface area contributed by atoms with Crippen molar-refractivity contribution in [2.75, 3.05) is 32.0 Å². The molecule has 2 N–H and O–H groups in total. The number of imidazole rings is 1. The van der Waals surface area contributed by atoms with Gasteiger partial charge < -0.3 is 10.5 Å². The Bertz CT molecular complexity index is 1210. The molecule has 4 aromatic heterocycles. The third-order valence-corrected chi connectivity index (χ3v) is 5.55. The van der Waals surface area contributed by atoms with Gasteiger partial charge in [0, 0.05) is 49.0 Å². The molecule has 0 saturated carbocycles. The van der Waals surface area contributed by atoms with Crippen LogP contribution in [0.1, 0.15) is 17.1 Å². The molecule has 0 radical (unpaired) electrons. The van der Waals surface area contributed by atoms with Crippen LogP contribution in [0.4, 0.5) is 5.95 Å². The zero-order valence-electron chi connectivity index (χ0n) is 17.7. The highest BCUT2D eigenvalue weighted by Crippen LogP contribution is 2.35. The number of rotatable bonds is 4. The summed E-state index contributed by atoms with van der Waals surface area (Å²) in [4.78, 5) is 20.8. The van der Waals surface area contributed by atoms with E-state index in [1.54, 1.807) is 12.4 Å². The number of pyridine rings is 2. The summed E-state index contributed by atoms with van der Waals surface area (Å²) in [5.41, 5.74) is 13.8. The smallest absolute Gasteiger partial charge is 0.206 e. The quantitative estimate of drug-likeness (QED) is 0.548. The average molecular weight is 416 g/mol. The molecule has 1 fully saturated rings. The Kier molecular flexibility index (Phi) is 5.09. The van der Waals surface area contributed by atoms with Crippen molar-refractivity contribution in [1.82, 2.24) is 29.2 Å². The molecule has 0 spiro atoms. The lowest BCUT2D eigenvalue weighted by atomic mass is 10.0. The molecule has 0 atom stereocenters. The number of morpholine rings is 1. The van der Waals surface area contributed by atoms with Gasteiger partial charge in [0.2, 0.25) is 5.95 Å². The van der Waals surface area contributed by atoms with Crippen LogP contribution in [-0.4, -0.2) is 55.5 Å². The van der Waals surface area contributed by atoms with E-state index in [0.717, 1.165) is 78.0 Å². The molecule has 158 valence electrons. The van der Waals surface area contributed by atoms with Crippen LogP contribution in [0, 0.1) is 13.8 Å². The molecule has 4 aromatic rings. The van der Waals surface area contributed by atoms with Crippen molar-refractivity contribution in [2.45, 2.75) is 20.4 Å². The Labute approximate surface area is 180 Å². The highest BCUT2D eigenvalue weighted by molar-refractivity contribution is 5.91. The van der Waals surface area contributed by atoms with E-state index in [9.17, 15) is 0 Å². The van der Waals surface area contributed by atoms with Crippen LogP contribution in [0.25, 0.3) is 28.0 Å². The third kappa shape index (κ3) is 3.75. The van der Waals surface area contributed by atoms with Crippen molar-refractivity contribution < 1.29 is 4.74 Å². The minimum Gasteiger partial charge on any atom is -0.379 e. The number of nitrogen functional groups attached to an aromatic ring is 1. The third-order valence-electron chi connectivity index (χ3n) is 5.55. The molecule has 0 amide bonds. The number of anilines is 1. The first-order chi connectivity index (χ1) is 15.1. The van der Waals surface area contributed by atoms with Crippen molar-refractivity contribution >= 4 is 11.6 Å². The number of fused-ring (bicyclic) bond motifs is 1. The number of hydrogen-bond donors (Lipinski definition) is 1. The Hall–Kier alpha value is -3.36. The number of ether oxygens (including phenoxy) is 1. The highest BCUT2D eigenvalue weighted by Gasteiger charge is 2.22. The monoisotopic (exact) mass is 415 g/mol. The van der Waals surface area contributed by atoms with Crippen LogP contribution >= 0.6 is 0 Å². The van der Waals surface area contributed by atoms with Gasteiger partial charge in [-0.05, 0) is 43.7 Å².